The van der Waals surface area contributed by atoms with Gasteiger partial charge in [-0.15, -0.1) is 0 Å². The van der Waals surface area contributed by atoms with Crippen LogP contribution in [-0.4, -0.2) is 43.6 Å². The first-order chi connectivity index (χ1) is 14.7. The first kappa shape index (κ1) is 23.3. The van der Waals surface area contributed by atoms with E-state index in [2.05, 4.69) is 18.6 Å². The number of nitrogens with one attached hydrogen (secondary N) is 1. The third kappa shape index (κ3) is 4.93. The van der Waals surface area contributed by atoms with E-state index in [1.165, 1.54) is 0 Å². The minimum Gasteiger partial charge on any atom is -0.497 e. The van der Waals surface area contributed by atoms with Gasteiger partial charge in [-0.1, -0.05) is 30.3 Å². The van der Waals surface area contributed by atoms with Gasteiger partial charge in [0.05, 0.1) is 20.4 Å². The fourth-order valence-electron chi connectivity index (χ4n) is 4.35. The van der Waals surface area contributed by atoms with Gasteiger partial charge in [-0.3, -0.25) is 4.79 Å². The van der Waals surface area contributed by atoms with Crippen molar-refractivity contribution in [1.29, 1.82) is 0 Å². The molecule has 0 unspecified atom stereocenters. The van der Waals surface area contributed by atoms with Crippen molar-refractivity contribution in [1.82, 2.24) is 0 Å². The highest BCUT2D eigenvalue weighted by Crippen LogP contribution is 2.70. The van der Waals surface area contributed by atoms with E-state index >= 15 is 0 Å². The molecule has 31 heavy (non-hydrogen) atoms. The second-order valence-corrected chi connectivity index (χ2v) is 13.5. The molecule has 1 fully saturated rings. The maximum atomic E-state index is 13.5. The number of ether oxygens (including phenoxy) is 2. The summed E-state index contributed by atoms with van der Waals surface area (Å²) in [5.41, 5.74) is 3.74. The van der Waals surface area contributed by atoms with Crippen LogP contribution in [0.5, 0.6) is 5.75 Å². The second kappa shape index (κ2) is 9.40. The van der Waals surface area contributed by atoms with E-state index < -0.39 is 12.4 Å². The summed E-state index contributed by atoms with van der Waals surface area (Å²) in [6.07, 6.45) is 2.96. The molecule has 0 radical (unpaired) electrons. The first-order valence-corrected chi connectivity index (χ1v) is 13.5. The Kier molecular flexibility index (Phi) is 7.06. The average Bonchev–Trinajstić information content (AvgIpc) is 2.68. The van der Waals surface area contributed by atoms with Crippen molar-refractivity contribution in [3.63, 3.8) is 0 Å². The van der Waals surface area contributed by atoms with Crippen LogP contribution in [0.25, 0.3) is 0 Å². The molecule has 2 aromatic carbocycles. The van der Waals surface area contributed by atoms with E-state index in [1.54, 1.807) is 7.11 Å². The zero-order valence-electron chi connectivity index (χ0n) is 19.2. The number of amides is 1. The molecule has 0 saturated heterocycles. The van der Waals surface area contributed by atoms with Crippen molar-refractivity contribution in [2.45, 2.75) is 44.9 Å². The monoisotopic (exact) mass is 442 g/mol. The van der Waals surface area contributed by atoms with E-state index in [1.807, 2.05) is 56.3 Å². The number of carbonyl (C=O) groups is 2. The zero-order chi connectivity index (χ0) is 22.6. The Bertz CT molecular complexity index is 928. The standard InChI is InChI=1S/C25H32NO4P/c1-18-14-21(29-3)15-19(2)23(18)26-24(28)25(12-9-13-25)31(4,5)17-22(27)30-16-20-10-7-6-8-11-20/h6-8,10-11,14-15H,9,12-13,16-17H2,1-5H3/p+1. The summed E-state index contributed by atoms with van der Waals surface area (Å²) in [5, 5.41) is 2.72. The number of anilines is 1. The molecule has 0 bridgehead atoms. The van der Waals surface area contributed by atoms with E-state index in [4.69, 9.17) is 9.47 Å². The Morgan fingerprint density at radius 1 is 1.06 bits per heavy atom. The van der Waals surface area contributed by atoms with Gasteiger partial charge in [-0.2, -0.15) is 0 Å². The SMILES string of the molecule is COc1cc(C)c(NC(=O)C2([P+](C)(C)CC(=O)OCc3ccccc3)CCC2)c(C)c1. The molecular weight excluding hydrogens is 409 g/mol. The molecule has 0 aromatic heterocycles. The molecule has 1 aliphatic rings. The smallest absolute Gasteiger partial charge is 0.344 e. The number of methoxy groups -OCH3 is 1. The van der Waals surface area contributed by atoms with E-state index in [0.717, 1.165) is 47.4 Å². The summed E-state index contributed by atoms with van der Waals surface area (Å²) >= 11 is 0. The van der Waals surface area contributed by atoms with E-state index in [-0.39, 0.29) is 18.5 Å². The average molecular weight is 443 g/mol. The summed E-state index contributed by atoms with van der Waals surface area (Å²) in [6.45, 7) is 8.44. The Labute approximate surface area is 185 Å². The number of benzene rings is 2. The van der Waals surface area contributed by atoms with Crippen LogP contribution >= 0.6 is 7.26 Å². The van der Waals surface area contributed by atoms with Gasteiger partial charge in [0.1, 0.15) is 12.4 Å². The van der Waals surface area contributed by atoms with Crippen LogP contribution < -0.4 is 10.1 Å². The Hall–Kier alpha value is -2.39. The summed E-state index contributed by atoms with van der Waals surface area (Å²) in [6, 6.07) is 13.5. The summed E-state index contributed by atoms with van der Waals surface area (Å²) < 4.78 is 10.9. The largest absolute Gasteiger partial charge is 0.497 e. The van der Waals surface area contributed by atoms with Crippen LogP contribution in [0.4, 0.5) is 5.69 Å². The molecule has 0 heterocycles. The Balaban J connectivity index is 1.71. The molecule has 166 valence electrons. The quantitative estimate of drug-likeness (QED) is 0.451. The Morgan fingerprint density at radius 3 is 2.19 bits per heavy atom. The van der Waals surface area contributed by atoms with Gasteiger partial charge in [0.25, 0.3) is 5.91 Å². The third-order valence-electron chi connectivity index (χ3n) is 6.51. The molecule has 0 atom stereocenters. The summed E-state index contributed by atoms with van der Waals surface area (Å²) in [4.78, 5) is 26.2. The van der Waals surface area contributed by atoms with Crippen molar-refractivity contribution in [2.24, 2.45) is 0 Å². The molecule has 2 aromatic rings. The van der Waals surface area contributed by atoms with Gasteiger partial charge in [0.15, 0.2) is 11.3 Å². The Morgan fingerprint density at radius 2 is 1.68 bits per heavy atom. The molecule has 0 aliphatic heterocycles. The highest BCUT2D eigenvalue weighted by Gasteiger charge is 2.61. The summed E-state index contributed by atoms with van der Waals surface area (Å²) in [7, 11) is -0.266. The van der Waals surface area contributed by atoms with Gasteiger partial charge in [-0.25, -0.2) is 4.79 Å². The van der Waals surface area contributed by atoms with E-state index in [9.17, 15) is 9.59 Å². The minimum absolute atomic E-state index is 0.0318. The zero-order valence-corrected chi connectivity index (χ0v) is 20.1. The van der Waals surface area contributed by atoms with Crippen LogP contribution in [0.1, 0.15) is 36.0 Å². The molecular formula is C25H33NO4P+. The lowest BCUT2D eigenvalue weighted by molar-refractivity contribution is -0.141. The molecule has 5 nitrogen and oxygen atoms in total. The molecule has 1 N–H and O–H groups in total. The maximum absolute atomic E-state index is 13.5. The molecule has 1 amide bonds. The lowest BCUT2D eigenvalue weighted by atomic mass is 9.83. The normalized spacial score (nSPS) is 15.0. The third-order valence-corrected chi connectivity index (χ3v) is 10.5. The number of carbonyl (C=O) groups excluding carboxylic acids is 2. The van der Waals surface area contributed by atoms with E-state index in [0.29, 0.717) is 6.16 Å². The van der Waals surface area contributed by atoms with Crippen LogP contribution in [0.3, 0.4) is 0 Å². The number of rotatable bonds is 8. The van der Waals surface area contributed by atoms with Gasteiger partial charge in [-0.05, 0) is 61.9 Å². The van der Waals surface area contributed by atoms with Crippen LogP contribution in [0, 0.1) is 13.8 Å². The van der Waals surface area contributed by atoms with Crippen LogP contribution in [0.15, 0.2) is 42.5 Å². The minimum atomic E-state index is -1.91. The number of hydrogen-bond donors (Lipinski definition) is 1. The van der Waals surface area contributed by atoms with Crippen molar-refractivity contribution in [3.8, 4) is 5.75 Å². The molecule has 1 aliphatic carbocycles. The fourth-order valence-corrected chi connectivity index (χ4v) is 7.52. The van der Waals surface area contributed by atoms with Gasteiger partial charge >= 0.3 is 5.97 Å². The molecule has 6 heteroatoms. The van der Waals surface area contributed by atoms with Gasteiger partial charge < -0.3 is 14.8 Å². The fraction of sp³-hybridized carbons (Fsp3) is 0.440. The van der Waals surface area contributed by atoms with Gasteiger partial charge in [0, 0.05) is 12.9 Å². The number of hydrogen-bond acceptors (Lipinski definition) is 4. The lowest BCUT2D eigenvalue weighted by Gasteiger charge is -2.45. The first-order valence-electron chi connectivity index (χ1n) is 10.7. The number of aryl methyl sites for hydroxylation is 2. The van der Waals surface area contributed by atoms with Crippen molar-refractivity contribution in [2.75, 3.05) is 31.9 Å². The maximum Gasteiger partial charge on any atom is 0.344 e. The molecule has 1 saturated carbocycles. The molecule has 3 rings (SSSR count). The predicted molar refractivity (Wildman–Crippen MR) is 128 cm³/mol. The lowest BCUT2D eigenvalue weighted by Crippen LogP contribution is -2.51. The highest BCUT2D eigenvalue weighted by atomic mass is 31.2. The topological polar surface area (TPSA) is 64.6 Å². The number of esters is 1. The summed E-state index contributed by atoms with van der Waals surface area (Å²) in [5.74, 6) is 0.586. The van der Waals surface area contributed by atoms with Crippen molar-refractivity contribution in [3.05, 3.63) is 59.2 Å². The van der Waals surface area contributed by atoms with Gasteiger partial charge in [0.2, 0.25) is 0 Å². The second-order valence-electron chi connectivity index (χ2n) is 8.96. The van der Waals surface area contributed by atoms with Crippen molar-refractivity contribution >= 4 is 24.8 Å². The van der Waals surface area contributed by atoms with Crippen LogP contribution in [-0.2, 0) is 20.9 Å². The van der Waals surface area contributed by atoms with Crippen LogP contribution in [0.2, 0.25) is 0 Å². The highest BCUT2D eigenvalue weighted by molar-refractivity contribution is 7.77. The predicted octanol–water partition coefficient (Wildman–Crippen LogP) is 5.19. The van der Waals surface area contributed by atoms with Crippen molar-refractivity contribution < 1.29 is 19.1 Å². The molecule has 0 spiro atoms.